The van der Waals surface area contributed by atoms with Crippen molar-refractivity contribution >= 4 is 46.4 Å². The minimum atomic E-state index is -1.34. The zero-order valence-electron chi connectivity index (χ0n) is 4.92. The van der Waals surface area contributed by atoms with Crippen LogP contribution in [0.25, 0.3) is 0 Å². The predicted octanol–water partition coefficient (Wildman–Crippen LogP) is 3.31. The number of rotatable bonds is 2. The Labute approximate surface area is 74.2 Å². The summed E-state index contributed by atoms with van der Waals surface area (Å²) >= 11 is 21.6. The highest BCUT2D eigenvalue weighted by Crippen LogP contribution is 2.32. The van der Waals surface area contributed by atoms with Gasteiger partial charge >= 0.3 is 0 Å². The molecule has 0 aliphatic carbocycles. The van der Waals surface area contributed by atoms with Gasteiger partial charge in [-0.15, -0.1) is 0 Å². The molecule has 0 bridgehead atoms. The van der Waals surface area contributed by atoms with Gasteiger partial charge in [-0.3, -0.25) is 0 Å². The first-order valence-corrected chi connectivity index (χ1v) is 3.68. The number of alkyl halides is 4. The smallest absolute Gasteiger partial charge is 0.217 e. The molecule has 0 heterocycles. The van der Waals surface area contributed by atoms with Crippen molar-refractivity contribution in [3.05, 3.63) is 0 Å². The Balaban J connectivity index is 3.75. The van der Waals surface area contributed by atoms with E-state index in [9.17, 15) is 0 Å². The zero-order valence-corrected chi connectivity index (χ0v) is 7.94. The lowest BCUT2D eigenvalue weighted by Crippen LogP contribution is -2.23. The lowest BCUT2D eigenvalue weighted by atomic mass is 10.8. The first kappa shape index (κ1) is 10.1. The van der Waals surface area contributed by atoms with Gasteiger partial charge in [0.1, 0.15) is 0 Å². The Hall–Kier alpha value is 1.12. The lowest BCUT2D eigenvalue weighted by Gasteiger charge is -2.21. The van der Waals surface area contributed by atoms with E-state index in [2.05, 4.69) is 4.74 Å². The minimum absolute atomic E-state index is 1.34. The molecule has 0 aromatic rings. The first-order valence-electron chi connectivity index (χ1n) is 2.16. The van der Waals surface area contributed by atoms with Crippen LogP contribution >= 0.6 is 46.4 Å². The maximum Gasteiger partial charge on any atom is 0.217 e. The average molecular weight is 212 g/mol. The van der Waals surface area contributed by atoms with Crippen LogP contribution < -0.4 is 0 Å². The van der Waals surface area contributed by atoms with Crippen LogP contribution in [0.1, 0.15) is 13.8 Å². The Morgan fingerprint density at radius 3 is 1.11 bits per heavy atom. The van der Waals surface area contributed by atoms with Crippen LogP contribution in [0.15, 0.2) is 0 Å². The summed E-state index contributed by atoms with van der Waals surface area (Å²) < 4.78 is 2.02. The van der Waals surface area contributed by atoms with Gasteiger partial charge in [0.25, 0.3) is 0 Å². The maximum atomic E-state index is 5.39. The number of hydrogen-bond donors (Lipinski definition) is 0. The summed E-state index contributed by atoms with van der Waals surface area (Å²) in [7, 11) is 0. The summed E-state index contributed by atoms with van der Waals surface area (Å²) in [5, 5.41) is 0. The molecule has 0 N–H and O–H groups in total. The summed E-state index contributed by atoms with van der Waals surface area (Å²) in [6.07, 6.45) is 0. The van der Waals surface area contributed by atoms with Crippen molar-refractivity contribution in [2.75, 3.05) is 0 Å². The normalized spacial score (nSPS) is 14.0. The van der Waals surface area contributed by atoms with Gasteiger partial charge in [-0.1, -0.05) is 46.4 Å². The van der Waals surface area contributed by atoms with Gasteiger partial charge in [-0.2, -0.15) is 0 Å². The molecule has 0 spiro atoms. The van der Waals surface area contributed by atoms with Gasteiger partial charge in [-0.25, -0.2) is 0 Å². The highest BCUT2D eigenvalue weighted by molar-refractivity contribution is 6.49. The van der Waals surface area contributed by atoms with Crippen molar-refractivity contribution in [1.82, 2.24) is 0 Å². The molecule has 0 fully saturated rings. The third kappa shape index (κ3) is 9.12. The second-order valence-corrected chi connectivity index (χ2v) is 4.99. The van der Waals surface area contributed by atoms with Crippen LogP contribution in [0.4, 0.5) is 0 Å². The molecule has 0 aromatic heterocycles. The van der Waals surface area contributed by atoms with Crippen LogP contribution in [0.5, 0.6) is 0 Å². The van der Waals surface area contributed by atoms with Crippen LogP contribution in [-0.2, 0) is 4.74 Å². The summed E-state index contributed by atoms with van der Waals surface area (Å²) in [5.74, 6) is 0. The Kier molecular flexibility index (Phi) is 3.39. The van der Waals surface area contributed by atoms with Crippen molar-refractivity contribution in [2.45, 2.75) is 22.9 Å². The van der Waals surface area contributed by atoms with Crippen molar-refractivity contribution in [2.24, 2.45) is 0 Å². The van der Waals surface area contributed by atoms with E-state index in [1.165, 1.54) is 13.8 Å². The fourth-order valence-electron chi connectivity index (χ4n) is 0.315. The Bertz CT molecular complexity index is 77.7. The zero-order chi connectivity index (χ0) is 7.71. The van der Waals surface area contributed by atoms with Crippen LogP contribution in [-0.4, -0.2) is 9.04 Å². The van der Waals surface area contributed by atoms with Crippen LogP contribution in [0.3, 0.4) is 0 Å². The van der Waals surface area contributed by atoms with E-state index in [0.717, 1.165) is 0 Å². The largest absolute Gasteiger partial charge is 0.311 e. The van der Waals surface area contributed by atoms with Crippen molar-refractivity contribution < 1.29 is 4.74 Å². The van der Waals surface area contributed by atoms with E-state index < -0.39 is 9.04 Å². The fraction of sp³-hybridized carbons (Fsp3) is 1.00. The van der Waals surface area contributed by atoms with Crippen LogP contribution in [0.2, 0.25) is 0 Å². The van der Waals surface area contributed by atoms with Gasteiger partial charge in [0.15, 0.2) is 0 Å². The van der Waals surface area contributed by atoms with Crippen molar-refractivity contribution in [3.8, 4) is 0 Å². The third-order valence-electron chi connectivity index (χ3n) is 0.358. The average Bonchev–Trinajstić information content (AvgIpc) is 1.14. The van der Waals surface area contributed by atoms with E-state index in [1.807, 2.05) is 0 Å². The monoisotopic (exact) mass is 210 g/mol. The van der Waals surface area contributed by atoms with Crippen molar-refractivity contribution in [3.63, 3.8) is 0 Å². The maximum absolute atomic E-state index is 5.39. The molecule has 0 radical (unpaired) electrons. The first-order chi connectivity index (χ1) is 3.71. The molecule has 56 valence electrons. The topological polar surface area (TPSA) is 9.23 Å². The SMILES string of the molecule is CC(Cl)(Cl)OC(C)(Cl)Cl. The predicted molar refractivity (Wildman–Crippen MR) is 41.3 cm³/mol. The minimum Gasteiger partial charge on any atom is -0.311 e. The van der Waals surface area contributed by atoms with Gasteiger partial charge in [0.05, 0.1) is 0 Å². The molecule has 0 saturated heterocycles. The highest BCUT2D eigenvalue weighted by atomic mass is 35.5. The molecule has 5 heteroatoms. The summed E-state index contributed by atoms with van der Waals surface area (Å²) in [6.45, 7) is 2.86. The Morgan fingerprint density at radius 2 is 1.11 bits per heavy atom. The van der Waals surface area contributed by atoms with E-state index in [1.54, 1.807) is 0 Å². The standard InChI is InChI=1S/C4H6Cl4O/c1-3(5,6)9-4(2,7)8/h1-2H3. The summed E-state index contributed by atoms with van der Waals surface area (Å²) in [6, 6.07) is 0. The quantitative estimate of drug-likeness (QED) is 0.638. The highest BCUT2D eigenvalue weighted by Gasteiger charge is 2.28. The Morgan fingerprint density at radius 1 is 0.889 bits per heavy atom. The van der Waals surface area contributed by atoms with E-state index >= 15 is 0 Å². The van der Waals surface area contributed by atoms with Gasteiger partial charge in [0, 0.05) is 0 Å². The van der Waals surface area contributed by atoms with Gasteiger partial charge in [0.2, 0.25) is 9.04 Å². The third-order valence-corrected chi connectivity index (χ3v) is 0.667. The molecule has 0 aliphatic rings. The fourth-order valence-corrected chi connectivity index (χ4v) is 1.09. The molecule has 0 atom stereocenters. The molecule has 0 aromatic carbocycles. The van der Waals surface area contributed by atoms with E-state index in [-0.39, 0.29) is 0 Å². The van der Waals surface area contributed by atoms with E-state index in [4.69, 9.17) is 46.4 Å². The van der Waals surface area contributed by atoms with Crippen LogP contribution in [0, 0.1) is 0 Å². The lowest BCUT2D eigenvalue weighted by molar-refractivity contribution is 0.0499. The molecule has 0 saturated carbocycles. The molecule has 0 rings (SSSR count). The molecule has 0 amide bonds. The summed E-state index contributed by atoms with van der Waals surface area (Å²) in [4.78, 5) is 0. The number of halogens is 4. The van der Waals surface area contributed by atoms with Gasteiger partial charge < -0.3 is 4.74 Å². The second kappa shape index (κ2) is 3.02. The molecular weight excluding hydrogens is 206 g/mol. The molecule has 1 nitrogen and oxygen atoms in total. The van der Waals surface area contributed by atoms with Gasteiger partial charge in [-0.05, 0) is 13.8 Å². The molecule has 0 unspecified atom stereocenters. The molecule has 0 aliphatic heterocycles. The van der Waals surface area contributed by atoms with Crippen molar-refractivity contribution in [1.29, 1.82) is 0 Å². The summed E-state index contributed by atoms with van der Waals surface area (Å²) in [5.41, 5.74) is 0. The number of hydrogen-bond acceptors (Lipinski definition) is 1. The molecule has 9 heavy (non-hydrogen) atoms. The van der Waals surface area contributed by atoms with E-state index in [0.29, 0.717) is 0 Å². The second-order valence-electron chi connectivity index (χ2n) is 1.72. The molecular formula is C4H6Cl4O. The number of ether oxygens (including phenoxy) is 1.